The molecule has 0 heterocycles. The summed E-state index contributed by atoms with van der Waals surface area (Å²) in [5, 5.41) is 0. The van der Waals surface area contributed by atoms with Gasteiger partial charge in [-0.15, -0.1) is 0 Å². The van der Waals surface area contributed by atoms with Gasteiger partial charge in [0.15, 0.2) is 5.83 Å². The first-order chi connectivity index (χ1) is 8.02. The van der Waals surface area contributed by atoms with E-state index in [2.05, 4.69) is 0 Å². The Balaban J connectivity index is 2.89. The van der Waals surface area contributed by atoms with Crippen molar-refractivity contribution in [3.63, 3.8) is 0 Å². The Bertz CT molecular complexity index is 406. The minimum atomic E-state index is -2.28. The van der Waals surface area contributed by atoms with Gasteiger partial charge in [-0.1, -0.05) is 42.5 Å². The quantitative estimate of drug-likeness (QED) is 0.776. The number of hydrogen-bond acceptors (Lipinski definition) is 1. The van der Waals surface area contributed by atoms with Gasteiger partial charge in [0, 0.05) is 0 Å². The fraction of sp³-hybridized carbons (Fsp3) is 0.231. The second-order valence-corrected chi connectivity index (χ2v) is 3.79. The molecule has 92 valence electrons. The molecule has 0 saturated carbocycles. The van der Waals surface area contributed by atoms with E-state index in [9.17, 15) is 13.2 Å². The van der Waals surface area contributed by atoms with Crippen molar-refractivity contribution < 1.29 is 13.2 Å². The van der Waals surface area contributed by atoms with E-state index in [1.165, 1.54) is 11.0 Å². The van der Waals surface area contributed by atoms with Crippen molar-refractivity contribution in [3.8, 4) is 0 Å². The predicted molar refractivity (Wildman–Crippen MR) is 63.3 cm³/mol. The third kappa shape index (κ3) is 4.07. The molecule has 0 aromatic heterocycles. The van der Waals surface area contributed by atoms with Gasteiger partial charge in [-0.05, 0) is 19.7 Å². The molecular formula is C13H14F3N. The third-order valence-electron chi connectivity index (χ3n) is 2.27. The summed E-state index contributed by atoms with van der Waals surface area (Å²) in [7, 11) is 3.09. The van der Waals surface area contributed by atoms with E-state index in [-0.39, 0.29) is 0 Å². The van der Waals surface area contributed by atoms with E-state index in [1.54, 1.807) is 20.2 Å². The van der Waals surface area contributed by atoms with E-state index in [4.69, 9.17) is 0 Å². The smallest absolute Gasteiger partial charge is 0.297 e. The van der Waals surface area contributed by atoms with Crippen molar-refractivity contribution in [2.75, 3.05) is 14.1 Å². The third-order valence-corrected chi connectivity index (χ3v) is 2.27. The highest BCUT2D eigenvalue weighted by Crippen LogP contribution is 2.18. The van der Waals surface area contributed by atoms with Crippen LogP contribution in [0.15, 0.2) is 48.3 Å². The van der Waals surface area contributed by atoms with Gasteiger partial charge in [0.05, 0.1) is 6.04 Å². The maximum absolute atomic E-state index is 13.2. The van der Waals surface area contributed by atoms with Gasteiger partial charge in [0.25, 0.3) is 0 Å². The SMILES string of the molecule is CN(C)C(/C=C/c1ccccc1)C(F)=C(F)F. The maximum Gasteiger partial charge on any atom is 0.303 e. The van der Waals surface area contributed by atoms with Crippen molar-refractivity contribution in [2.45, 2.75) is 6.04 Å². The lowest BCUT2D eigenvalue weighted by atomic mass is 10.1. The van der Waals surface area contributed by atoms with Crippen LogP contribution in [0.1, 0.15) is 5.56 Å². The normalized spacial score (nSPS) is 13.1. The summed E-state index contributed by atoms with van der Waals surface area (Å²) in [6.45, 7) is 0. The Labute approximate surface area is 98.9 Å². The fourth-order valence-electron chi connectivity index (χ4n) is 1.36. The van der Waals surface area contributed by atoms with Crippen LogP contribution in [0, 0.1) is 0 Å². The summed E-state index contributed by atoms with van der Waals surface area (Å²) >= 11 is 0. The molecule has 0 aliphatic rings. The summed E-state index contributed by atoms with van der Waals surface area (Å²) in [5.74, 6) is -1.41. The van der Waals surface area contributed by atoms with E-state index >= 15 is 0 Å². The largest absolute Gasteiger partial charge is 0.303 e. The number of likely N-dealkylation sites (N-methyl/N-ethyl adjacent to an activating group) is 1. The van der Waals surface area contributed by atoms with Crippen LogP contribution in [0.25, 0.3) is 6.08 Å². The van der Waals surface area contributed by atoms with Crippen LogP contribution in [-0.2, 0) is 0 Å². The number of hydrogen-bond donors (Lipinski definition) is 0. The average molecular weight is 241 g/mol. The van der Waals surface area contributed by atoms with Gasteiger partial charge >= 0.3 is 6.08 Å². The zero-order chi connectivity index (χ0) is 12.8. The molecule has 0 bridgehead atoms. The van der Waals surface area contributed by atoms with Gasteiger partial charge in [-0.2, -0.15) is 8.78 Å². The molecule has 0 aliphatic carbocycles. The number of rotatable bonds is 4. The minimum Gasteiger partial charge on any atom is -0.297 e. The van der Waals surface area contributed by atoms with Crippen LogP contribution in [-0.4, -0.2) is 25.0 Å². The summed E-state index contributed by atoms with van der Waals surface area (Å²) in [6.07, 6.45) is 0.748. The van der Waals surface area contributed by atoms with Crippen LogP contribution in [0.4, 0.5) is 13.2 Å². The molecule has 1 nitrogen and oxygen atoms in total. The molecule has 0 N–H and O–H groups in total. The first-order valence-corrected chi connectivity index (χ1v) is 5.12. The highest BCUT2D eigenvalue weighted by atomic mass is 19.3. The minimum absolute atomic E-state index is 0.839. The molecule has 1 unspecified atom stereocenters. The van der Waals surface area contributed by atoms with Crippen molar-refractivity contribution in [1.82, 2.24) is 4.90 Å². The second-order valence-electron chi connectivity index (χ2n) is 3.79. The van der Waals surface area contributed by atoms with E-state index in [1.807, 2.05) is 30.3 Å². The van der Waals surface area contributed by atoms with Gasteiger partial charge < -0.3 is 0 Å². The van der Waals surface area contributed by atoms with Crippen molar-refractivity contribution in [3.05, 3.63) is 53.9 Å². The summed E-state index contributed by atoms with van der Waals surface area (Å²) in [4.78, 5) is 1.38. The van der Waals surface area contributed by atoms with Gasteiger partial charge in [0.1, 0.15) is 0 Å². The Hall–Kier alpha value is -1.55. The molecule has 0 radical (unpaired) electrons. The number of halogens is 3. The van der Waals surface area contributed by atoms with E-state index in [0.29, 0.717) is 0 Å². The maximum atomic E-state index is 13.2. The van der Waals surface area contributed by atoms with E-state index in [0.717, 1.165) is 5.56 Å². The standard InChI is InChI=1S/C13H14F3N/c1-17(2)11(12(14)13(15)16)9-8-10-6-4-3-5-7-10/h3-9,11H,1-2H3/b9-8+. The predicted octanol–water partition coefficient (Wildman–Crippen LogP) is 3.71. The molecule has 1 aromatic rings. The molecule has 0 saturated heterocycles. The Morgan fingerprint density at radius 3 is 2.18 bits per heavy atom. The van der Waals surface area contributed by atoms with Gasteiger partial charge in [-0.3, -0.25) is 4.90 Å². The lowest BCUT2D eigenvalue weighted by Crippen LogP contribution is -2.26. The zero-order valence-electron chi connectivity index (χ0n) is 9.70. The first-order valence-electron chi connectivity index (χ1n) is 5.12. The summed E-state index contributed by atoms with van der Waals surface area (Å²) < 4.78 is 37.6. The Kier molecular flexibility index (Phi) is 4.97. The van der Waals surface area contributed by atoms with Crippen molar-refractivity contribution in [1.29, 1.82) is 0 Å². The molecule has 1 aromatic carbocycles. The fourth-order valence-corrected chi connectivity index (χ4v) is 1.36. The van der Waals surface area contributed by atoms with Crippen LogP contribution in [0.5, 0.6) is 0 Å². The second kappa shape index (κ2) is 6.25. The molecule has 17 heavy (non-hydrogen) atoms. The lowest BCUT2D eigenvalue weighted by Gasteiger charge is -2.18. The molecule has 4 heteroatoms. The van der Waals surface area contributed by atoms with Crippen LogP contribution < -0.4 is 0 Å². The summed E-state index contributed by atoms with van der Waals surface area (Å²) in [6, 6.07) is 8.09. The van der Waals surface area contributed by atoms with Crippen molar-refractivity contribution in [2.24, 2.45) is 0 Å². The van der Waals surface area contributed by atoms with Gasteiger partial charge in [0.2, 0.25) is 0 Å². The topological polar surface area (TPSA) is 3.24 Å². The zero-order valence-corrected chi connectivity index (χ0v) is 9.70. The average Bonchev–Trinajstić information content (AvgIpc) is 2.29. The molecule has 1 rings (SSSR count). The Morgan fingerprint density at radius 2 is 1.71 bits per heavy atom. The van der Waals surface area contributed by atoms with Gasteiger partial charge in [-0.25, -0.2) is 4.39 Å². The monoisotopic (exact) mass is 241 g/mol. The molecule has 0 amide bonds. The molecular weight excluding hydrogens is 227 g/mol. The van der Waals surface area contributed by atoms with Crippen LogP contribution in [0.3, 0.4) is 0 Å². The molecule has 0 aliphatic heterocycles. The molecule has 0 spiro atoms. The summed E-state index contributed by atoms with van der Waals surface area (Å²) in [5.41, 5.74) is 0.839. The first kappa shape index (κ1) is 13.5. The highest BCUT2D eigenvalue weighted by Gasteiger charge is 2.18. The van der Waals surface area contributed by atoms with Crippen LogP contribution >= 0.6 is 0 Å². The highest BCUT2D eigenvalue weighted by molar-refractivity contribution is 5.50. The molecule has 0 fully saturated rings. The van der Waals surface area contributed by atoms with Crippen molar-refractivity contribution >= 4 is 6.08 Å². The van der Waals surface area contributed by atoms with E-state index < -0.39 is 17.9 Å². The Morgan fingerprint density at radius 1 is 1.12 bits per heavy atom. The molecule has 1 atom stereocenters. The van der Waals surface area contributed by atoms with Crippen LogP contribution in [0.2, 0.25) is 0 Å². The number of nitrogens with zero attached hydrogens (tertiary/aromatic N) is 1. The number of benzene rings is 1. The lowest BCUT2D eigenvalue weighted by molar-refractivity contribution is 0.294.